The molecule has 50 heavy (non-hydrogen) atoms. The number of allylic oxidation sites excluding steroid dienone is 4. The number of rotatable bonds is 12. The van der Waals surface area contributed by atoms with Gasteiger partial charge in [0.2, 0.25) is 5.91 Å². The number of hydrogen-bond donors (Lipinski definition) is 4. The van der Waals surface area contributed by atoms with Gasteiger partial charge in [0, 0.05) is 71.5 Å². The number of aromatic nitrogens is 6. The van der Waals surface area contributed by atoms with Crippen LogP contribution in [0, 0.1) is 13.8 Å². The molecule has 0 fully saturated rings. The summed E-state index contributed by atoms with van der Waals surface area (Å²) in [6.45, 7) is 17.7. The summed E-state index contributed by atoms with van der Waals surface area (Å²) >= 11 is 0. The van der Waals surface area contributed by atoms with Gasteiger partial charge in [-0.25, -0.2) is 15.0 Å². The Hall–Kier alpha value is -5.77. The number of carboxylic acids is 1. The molecule has 2 aliphatic rings. The van der Waals surface area contributed by atoms with Crippen molar-refractivity contribution in [1.29, 1.82) is 0 Å². The second-order valence-corrected chi connectivity index (χ2v) is 12.8. The van der Waals surface area contributed by atoms with E-state index in [1.165, 1.54) is 0 Å². The van der Waals surface area contributed by atoms with Gasteiger partial charge in [0.05, 0.1) is 29.1 Å². The average molecular weight is 670 g/mol. The van der Waals surface area contributed by atoms with Crippen molar-refractivity contribution >= 4 is 68.4 Å². The van der Waals surface area contributed by atoms with Crippen molar-refractivity contribution in [2.24, 2.45) is 0 Å². The number of nitrogens with zero attached hydrogens (tertiary/aromatic N) is 4. The topological polar surface area (TPSA) is 142 Å². The summed E-state index contributed by atoms with van der Waals surface area (Å²) in [6, 6.07) is 8.09. The van der Waals surface area contributed by atoms with Crippen molar-refractivity contribution < 1.29 is 14.7 Å². The van der Waals surface area contributed by atoms with E-state index in [9.17, 15) is 14.7 Å². The first-order chi connectivity index (χ1) is 24.1. The number of carbonyl (C=O) groups excluding carboxylic acids is 1. The summed E-state index contributed by atoms with van der Waals surface area (Å²) < 4.78 is 1.99. The van der Waals surface area contributed by atoms with Crippen molar-refractivity contribution in [3.63, 3.8) is 0 Å². The lowest BCUT2D eigenvalue weighted by Gasteiger charge is -2.08. The molecule has 6 heterocycles. The Bertz CT molecular complexity index is 2250. The van der Waals surface area contributed by atoms with Gasteiger partial charge in [-0.2, -0.15) is 0 Å². The van der Waals surface area contributed by atoms with Gasteiger partial charge in [0.15, 0.2) is 0 Å². The monoisotopic (exact) mass is 669 g/mol. The zero-order valence-electron chi connectivity index (χ0n) is 29.1. The maximum atomic E-state index is 13.0. The minimum absolute atomic E-state index is 0.0208. The van der Waals surface area contributed by atoms with Gasteiger partial charge < -0.3 is 25.0 Å². The third-order valence-corrected chi connectivity index (χ3v) is 9.71. The van der Waals surface area contributed by atoms with Crippen molar-refractivity contribution in [3.8, 4) is 0 Å². The lowest BCUT2D eigenvalue weighted by atomic mass is 9.98. The van der Waals surface area contributed by atoms with E-state index < -0.39 is 5.97 Å². The molecule has 4 aromatic heterocycles. The minimum atomic E-state index is -0.870. The molecule has 2 aliphatic heterocycles. The van der Waals surface area contributed by atoms with Crippen LogP contribution < -0.4 is 5.32 Å². The van der Waals surface area contributed by atoms with Crippen molar-refractivity contribution in [3.05, 3.63) is 101 Å². The molecule has 4 N–H and O–H groups in total. The maximum absolute atomic E-state index is 13.0. The molecule has 256 valence electrons. The molecule has 1 amide bonds. The molecule has 0 saturated heterocycles. The van der Waals surface area contributed by atoms with E-state index in [2.05, 4.69) is 53.3 Å². The van der Waals surface area contributed by atoms with Crippen LogP contribution in [0.2, 0.25) is 0 Å². The van der Waals surface area contributed by atoms with Gasteiger partial charge in [-0.3, -0.25) is 9.59 Å². The standard InChI is InChI=1S/C40H43N7O3/c1-7-27-23(3)31-18-32-26(6)30(11-13-40(49)50)38(45-32)21-37-29(10-12-39(48)42-14-9-16-47-17-15-41-22-47)25(5)34(46-37)20-36-28(8-2)24(4)33(44-36)19-35(27)43-31/h7-8,15,17-22,43-44H,1-2,9-14,16H2,3-6H3,(H,42,48)(H,49,50). The summed E-state index contributed by atoms with van der Waals surface area (Å²) in [5.74, 6) is -0.897. The Labute approximate surface area is 291 Å². The number of H-pyrrole nitrogens is 2. The number of carbonyl (C=O) groups is 2. The molecule has 10 heteroatoms. The molecule has 8 bridgehead atoms. The van der Waals surface area contributed by atoms with Gasteiger partial charge in [0.25, 0.3) is 0 Å². The number of carboxylic acid groups (broad SMARTS) is 1. The first-order valence-corrected chi connectivity index (χ1v) is 16.9. The third kappa shape index (κ3) is 6.87. The number of amides is 1. The van der Waals surface area contributed by atoms with Crippen LogP contribution in [0.5, 0.6) is 0 Å². The highest BCUT2D eigenvalue weighted by Gasteiger charge is 2.23. The van der Waals surface area contributed by atoms with Gasteiger partial charge in [-0.15, -0.1) is 0 Å². The Morgan fingerprint density at radius 3 is 1.92 bits per heavy atom. The molecule has 6 rings (SSSR count). The second-order valence-electron chi connectivity index (χ2n) is 12.8. The molecule has 0 aromatic carbocycles. The molecular weight excluding hydrogens is 626 g/mol. The van der Waals surface area contributed by atoms with Crippen LogP contribution in [0.25, 0.3) is 56.5 Å². The van der Waals surface area contributed by atoms with E-state index in [-0.39, 0.29) is 12.3 Å². The smallest absolute Gasteiger partial charge is 0.303 e. The van der Waals surface area contributed by atoms with Crippen molar-refractivity contribution in [2.45, 2.75) is 66.3 Å². The largest absolute Gasteiger partial charge is 0.481 e. The fourth-order valence-corrected chi connectivity index (χ4v) is 6.77. The first-order valence-electron chi connectivity index (χ1n) is 16.9. The van der Waals surface area contributed by atoms with Crippen molar-refractivity contribution in [1.82, 2.24) is 34.8 Å². The number of aromatic amines is 2. The summed E-state index contributed by atoms with van der Waals surface area (Å²) in [4.78, 5) is 46.1. The minimum Gasteiger partial charge on any atom is -0.481 e. The molecule has 10 nitrogen and oxygen atoms in total. The van der Waals surface area contributed by atoms with E-state index in [0.29, 0.717) is 31.5 Å². The van der Waals surface area contributed by atoms with Crippen LogP contribution in [-0.2, 0) is 16.1 Å². The molecule has 0 radical (unpaired) electrons. The maximum Gasteiger partial charge on any atom is 0.303 e. The van der Waals surface area contributed by atoms with Crippen LogP contribution in [0.4, 0.5) is 0 Å². The normalized spacial score (nSPS) is 12.8. The van der Waals surface area contributed by atoms with Crippen LogP contribution in [0.1, 0.15) is 91.0 Å². The molecule has 0 atom stereocenters. The van der Waals surface area contributed by atoms with Gasteiger partial charge >= 0.3 is 5.97 Å². The van der Waals surface area contributed by atoms with Crippen LogP contribution in [0.3, 0.4) is 0 Å². The zero-order valence-corrected chi connectivity index (χ0v) is 29.1. The number of aryl methyl sites for hydroxylation is 3. The summed E-state index contributed by atoms with van der Waals surface area (Å²) in [6.07, 6.45) is 11.0. The van der Waals surface area contributed by atoms with Gasteiger partial charge in [0.1, 0.15) is 0 Å². The first kappa shape index (κ1) is 34.1. The molecule has 4 aromatic rings. The van der Waals surface area contributed by atoms with Gasteiger partial charge in [-0.1, -0.05) is 25.3 Å². The number of fused-ring (bicyclic) bond motifs is 8. The van der Waals surface area contributed by atoms with Gasteiger partial charge in [-0.05, 0) is 105 Å². The summed E-state index contributed by atoms with van der Waals surface area (Å²) in [5.41, 5.74) is 14.4. The highest BCUT2D eigenvalue weighted by Crippen LogP contribution is 2.38. The highest BCUT2D eigenvalue weighted by molar-refractivity contribution is 5.97. The average Bonchev–Trinajstić information content (AvgIpc) is 3.88. The Morgan fingerprint density at radius 2 is 1.36 bits per heavy atom. The molecule has 0 saturated carbocycles. The summed E-state index contributed by atoms with van der Waals surface area (Å²) in [7, 11) is 0. The predicted molar refractivity (Wildman–Crippen MR) is 202 cm³/mol. The van der Waals surface area contributed by atoms with Crippen LogP contribution in [0.15, 0.2) is 56.1 Å². The van der Waals surface area contributed by atoms with E-state index in [1.54, 1.807) is 12.5 Å². The van der Waals surface area contributed by atoms with E-state index in [4.69, 9.17) is 9.97 Å². The second kappa shape index (κ2) is 14.4. The quantitative estimate of drug-likeness (QED) is 0.112. The van der Waals surface area contributed by atoms with E-state index in [0.717, 1.165) is 96.7 Å². The Balaban J connectivity index is 1.49. The molecule has 0 spiro atoms. The summed E-state index contributed by atoms with van der Waals surface area (Å²) in [5, 5.41) is 12.6. The molecular formula is C40H43N7O3. The lowest BCUT2D eigenvalue weighted by molar-refractivity contribution is -0.136. The zero-order chi connectivity index (χ0) is 35.5. The fourth-order valence-electron chi connectivity index (χ4n) is 6.77. The molecule has 0 unspecified atom stereocenters. The van der Waals surface area contributed by atoms with Crippen molar-refractivity contribution in [2.75, 3.05) is 6.54 Å². The number of hydrogen-bond acceptors (Lipinski definition) is 5. The lowest BCUT2D eigenvalue weighted by Crippen LogP contribution is -2.24. The SMILES string of the molecule is C=Cc1c(C)c2cc3[nH]c(cc4nc(cc5nc(cc1[nH]2)C(C)=C5CCC(=O)NCCCn1ccnc1)C(CCC(=O)O)=C4C)c(C)c3C=C. The number of aliphatic carboxylic acids is 1. The fraction of sp³-hybridized carbons (Fsp3) is 0.275. The van der Waals surface area contributed by atoms with Crippen LogP contribution >= 0.6 is 0 Å². The number of imidazole rings is 1. The van der Waals surface area contributed by atoms with Crippen LogP contribution in [-0.4, -0.2) is 53.0 Å². The third-order valence-electron chi connectivity index (χ3n) is 9.71. The molecule has 0 aliphatic carbocycles. The Kier molecular flexibility index (Phi) is 9.81. The predicted octanol–water partition coefficient (Wildman–Crippen LogP) is 8.13. The number of nitrogens with one attached hydrogen (secondary N) is 3. The van der Waals surface area contributed by atoms with E-state index >= 15 is 0 Å². The Morgan fingerprint density at radius 1 is 0.800 bits per heavy atom. The highest BCUT2D eigenvalue weighted by atomic mass is 16.4. The van der Waals surface area contributed by atoms with E-state index in [1.807, 2.05) is 55.0 Å².